The molecular weight excluding hydrogens is 274 g/mol. The first-order valence-corrected chi connectivity index (χ1v) is 4.46. The van der Waals surface area contributed by atoms with Gasteiger partial charge in [0.05, 0.1) is 11.4 Å². The van der Waals surface area contributed by atoms with Crippen molar-refractivity contribution in [1.29, 1.82) is 0 Å². The third kappa shape index (κ3) is 3.15. The number of nitrogens with zero attached hydrogens (tertiary/aromatic N) is 1. The second kappa shape index (κ2) is 4.25. The van der Waals surface area contributed by atoms with Crippen LogP contribution in [0.15, 0.2) is 12.1 Å². The number of aromatic nitrogens is 1. The molecule has 2 nitrogen and oxygen atoms in total. The van der Waals surface area contributed by atoms with Crippen molar-refractivity contribution in [3.63, 3.8) is 0 Å². The van der Waals surface area contributed by atoms with Gasteiger partial charge in [0.15, 0.2) is 11.1 Å². The van der Waals surface area contributed by atoms with Crippen LogP contribution in [0.1, 0.15) is 11.6 Å². The number of nitrogen functional groups attached to an aromatic ring is 1. The third-order valence-corrected chi connectivity index (χ3v) is 2.15. The van der Waals surface area contributed by atoms with Gasteiger partial charge in [-0.3, -0.25) is 0 Å². The maximum atomic E-state index is 12.3. The average Bonchev–Trinajstić information content (AvgIpc) is 2.06. The minimum atomic E-state index is -5.50. The van der Waals surface area contributed by atoms with E-state index in [9.17, 15) is 26.3 Å². The Bertz CT molecular complexity index is 399. The van der Waals surface area contributed by atoms with E-state index in [1.807, 2.05) is 0 Å². The Labute approximate surface area is 96.4 Å². The lowest BCUT2D eigenvalue weighted by Gasteiger charge is -2.22. The van der Waals surface area contributed by atoms with Crippen molar-refractivity contribution in [2.45, 2.75) is 18.3 Å². The van der Waals surface area contributed by atoms with Crippen LogP contribution in [0.3, 0.4) is 0 Å². The molecular formula is C8H5ClF6N2. The van der Waals surface area contributed by atoms with Crippen molar-refractivity contribution < 1.29 is 26.3 Å². The van der Waals surface area contributed by atoms with Crippen molar-refractivity contribution in [3.05, 3.63) is 23.0 Å². The minimum absolute atomic E-state index is 0.196. The predicted octanol–water partition coefficient (Wildman–Crippen LogP) is 3.53. The second-order valence-electron chi connectivity index (χ2n) is 3.13. The zero-order chi connectivity index (χ0) is 13.4. The van der Waals surface area contributed by atoms with Gasteiger partial charge in [0.1, 0.15) is 0 Å². The Hall–Kier alpha value is -1.18. The van der Waals surface area contributed by atoms with Gasteiger partial charge in [-0.05, 0) is 12.1 Å². The summed E-state index contributed by atoms with van der Waals surface area (Å²) in [4.78, 5) is 3.01. The first-order chi connectivity index (χ1) is 7.53. The second-order valence-corrected chi connectivity index (χ2v) is 3.49. The SMILES string of the molecule is Nc1ccc(C(C(F)(F)F)C(F)(F)F)nc1Cl. The number of hydrogen-bond donors (Lipinski definition) is 1. The molecule has 0 aliphatic rings. The van der Waals surface area contributed by atoms with Crippen molar-refractivity contribution in [2.75, 3.05) is 5.73 Å². The van der Waals surface area contributed by atoms with Gasteiger partial charge in [-0.1, -0.05) is 11.6 Å². The molecule has 1 aromatic rings. The van der Waals surface area contributed by atoms with E-state index in [4.69, 9.17) is 17.3 Å². The van der Waals surface area contributed by atoms with E-state index in [0.29, 0.717) is 6.07 Å². The van der Waals surface area contributed by atoms with E-state index in [0.717, 1.165) is 6.07 Å². The van der Waals surface area contributed by atoms with Crippen LogP contribution in [-0.4, -0.2) is 17.3 Å². The first kappa shape index (κ1) is 13.9. The van der Waals surface area contributed by atoms with Crippen LogP contribution in [-0.2, 0) is 0 Å². The summed E-state index contributed by atoms with van der Waals surface area (Å²) in [6, 6.07) is 1.39. The van der Waals surface area contributed by atoms with Crippen LogP contribution in [0.2, 0.25) is 5.15 Å². The zero-order valence-electron chi connectivity index (χ0n) is 7.90. The Morgan fingerprint density at radius 1 is 1.06 bits per heavy atom. The molecule has 0 aliphatic heterocycles. The topological polar surface area (TPSA) is 38.9 Å². The van der Waals surface area contributed by atoms with E-state index in [1.54, 1.807) is 0 Å². The summed E-state index contributed by atoms with van der Waals surface area (Å²) in [5, 5.41) is -0.596. The normalized spacial score (nSPS) is 13.2. The molecule has 0 aliphatic carbocycles. The van der Waals surface area contributed by atoms with Crippen molar-refractivity contribution >= 4 is 17.3 Å². The van der Waals surface area contributed by atoms with E-state index in [2.05, 4.69) is 4.98 Å². The van der Waals surface area contributed by atoms with Gasteiger partial charge in [0.25, 0.3) is 0 Å². The minimum Gasteiger partial charge on any atom is -0.396 e. The van der Waals surface area contributed by atoms with Gasteiger partial charge in [0.2, 0.25) is 0 Å². The van der Waals surface area contributed by atoms with E-state index in [1.165, 1.54) is 0 Å². The molecule has 2 N–H and O–H groups in total. The smallest absolute Gasteiger partial charge is 0.396 e. The number of pyridine rings is 1. The van der Waals surface area contributed by atoms with Crippen LogP contribution in [0.4, 0.5) is 32.0 Å². The fourth-order valence-corrected chi connectivity index (χ4v) is 1.30. The number of nitrogens with two attached hydrogens (primary N) is 1. The zero-order valence-corrected chi connectivity index (χ0v) is 8.66. The molecule has 1 rings (SSSR count). The van der Waals surface area contributed by atoms with Crippen molar-refractivity contribution in [2.24, 2.45) is 0 Å². The van der Waals surface area contributed by atoms with Crippen LogP contribution < -0.4 is 5.73 Å². The van der Waals surface area contributed by atoms with Gasteiger partial charge in [0, 0.05) is 0 Å². The highest BCUT2D eigenvalue weighted by molar-refractivity contribution is 6.31. The standard InChI is InChI=1S/C8H5ClF6N2/c9-6-3(16)1-2-4(17-6)5(7(10,11)12)8(13,14)15/h1-2,5H,16H2. The summed E-state index contributed by atoms with van der Waals surface area (Å²) < 4.78 is 73.8. The highest BCUT2D eigenvalue weighted by atomic mass is 35.5. The quantitative estimate of drug-likeness (QED) is 0.630. The first-order valence-electron chi connectivity index (χ1n) is 4.09. The monoisotopic (exact) mass is 278 g/mol. The van der Waals surface area contributed by atoms with Crippen molar-refractivity contribution in [1.82, 2.24) is 4.98 Å². The lowest BCUT2D eigenvalue weighted by atomic mass is 10.0. The van der Waals surface area contributed by atoms with Crippen LogP contribution in [0, 0.1) is 0 Å². The summed E-state index contributed by atoms with van der Waals surface area (Å²) in [5.41, 5.74) is 3.72. The highest BCUT2D eigenvalue weighted by Crippen LogP contribution is 2.46. The number of halogens is 7. The molecule has 0 saturated heterocycles. The summed E-state index contributed by atoms with van der Waals surface area (Å²) in [7, 11) is 0. The summed E-state index contributed by atoms with van der Waals surface area (Å²) in [5.74, 6) is -3.67. The predicted molar refractivity (Wildman–Crippen MR) is 48.5 cm³/mol. The highest BCUT2D eigenvalue weighted by Gasteiger charge is 2.58. The van der Waals surface area contributed by atoms with Gasteiger partial charge in [-0.15, -0.1) is 0 Å². The summed E-state index contributed by atoms with van der Waals surface area (Å²) >= 11 is 5.29. The molecule has 0 fully saturated rings. The molecule has 0 atom stereocenters. The van der Waals surface area contributed by atoms with Gasteiger partial charge >= 0.3 is 12.4 Å². The molecule has 0 radical (unpaired) electrons. The lowest BCUT2D eigenvalue weighted by Crippen LogP contribution is -2.34. The van der Waals surface area contributed by atoms with E-state index < -0.39 is 29.1 Å². The molecule has 0 unspecified atom stereocenters. The Balaban J connectivity index is 3.29. The Morgan fingerprint density at radius 3 is 1.88 bits per heavy atom. The summed E-state index contributed by atoms with van der Waals surface area (Å²) in [6.07, 6.45) is -11.0. The van der Waals surface area contributed by atoms with Gasteiger partial charge < -0.3 is 5.73 Å². The molecule has 0 bridgehead atoms. The fraction of sp³-hybridized carbons (Fsp3) is 0.375. The van der Waals surface area contributed by atoms with Gasteiger partial charge in [-0.2, -0.15) is 26.3 Å². The molecule has 0 amide bonds. The Kier molecular flexibility index (Phi) is 3.47. The molecule has 1 aromatic heterocycles. The molecule has 17 heavy (non-hydrogen) atoms. The molecule has 0 saturated carbocycles. The maximum absolute atomic E-state index is 12.3. The molecule has 9 heteroatoms. The van der Waals surface area contributed by atoms with Gasteiger partial charge in [-0.25, -0.2) is 4.98 Å². The number of hydrogen-bond acceptors (Lipinski definition) is 2. The fourth-order valence-electron chi connectivity index (χ4n) is 1.14. The maximum Gasteiger partial charge on any atom is 0.406 e. The third-order valence-electron chi connectivity index (χ3n) is 1.85. The number of anilines is 1. The average molecular weight is 279 g/mol. The number of rotatable bonds is 1. The largest absolute Gasteiger partial charge is 0.406 e. The Morgan fingerprint density at radius 2 is 1.53 bits per heavy atom. The lowest BCUT2D eigenvalue weighted by molar-refractivity contribution is -0.254. The molecule has 0 aromatic carbocycles. The van der Waals surface area contributed by atoms with Crippen molar-refractivity contribution in [3.8, 4) is 0 Å². The molecule has 0 spiro atoms. The van der Waals surface area contributed by atoms with E-state index >= 15 is 0 Å². The number of alkyl halides is 6. The van der Waals surface area contributed by atoms with Crippen LogP contribution >= 0.6 is 11.6 Å². The van der Waals surface area contributed by atoms with Crippen LogP contribution in [0.5, 0.6) is 0 Å². The molecule has 96 valence electrons. The molecule has 1 heterocycles. The van der Waals surface area contributed by atoms with E-state index in [-0.39, 0.29) is 5.69 Å². The van der Waals surface area contributed by atoms with Crippen LogP contribution in [0.25, 0.3) is 0 Å². The summed E-state index contributed by atoms with van der Waals surface area (Å²) in [6.45, 7) is 0.